The highest BCUT2D eigenvalue weighted by molar-refractivity contribution is 6.09. The summed E-state index contributed by atoms with van der Waals surface area (Å²) in [6.45, 7) is 7.56. The van der Waals surface area contributed by atoms with E-state index < -0.39 is 34.9 Å². The number of rotatable bonds is 2. The van der Waals surface area contributed by atoms with Gasteiger partial charge in [-0.25, -0.2) is 0 Å². The fourth-order valence-electron chi connectivity index (χ4n) is 5.62. The number of hydrogen-bond donors (Lipinski definition) is 4. The predicted octanol–water partition coefficient (Wildman–Crippen LogP) is 1.88. The number of ketones is 1. The molecule has 7 unspecified atom stereocenters. The van der Waals surface area contributed by atoms with Crippen molar-refractivity contribution < 1.29 is 24.9 Å². The molecule has 1 saturated heterocycles. The van der Waals surface area contributed by atoms with Gasteiger partial charge in [0.2, 0.25) is 5.91 Å². The van der Waals surface area contributed by atoms with Gasteiger partial charge in [-0.3, -0.25) is 9.59 Å². The molecule has 6 heteroatoms. The number of aliphatic hydroxyl groups is 3. The van der Waals surface area contributed by atoms with Crippen LogP contribution in [0.15, 0.2) is 23.8 Å². The number of hydrogen-bond acceptors (Lipinski definition) is 5. The number of carbonyl (C=O) groups is 2. The summed E-state index contributed by atoms with van der Waals surface area (Å²) in [6, 6.07) is -0.200. The lowest BCUT2D eigenvalue weighted by atomic mass is 9.55. The molecule has 2 aliphatic carbocycles. The van der Waals surface area contributed by atoms with Crippen LogP contribution >= 0.6 is 0 Å². The second-order valence-electron chi connectivity index (χ2n) is 9.80. The lowest BCUT2D eigenvalue weighted by Gasteiger charge is -2.44. The van der Waals surface area contributed by atoms with Gasteiger partial charge in [0.15, 0.2) is 5.78 Å². The smallest absolute Gasteiger partial charge is 0.235 e. The molecule has 0 aromatic carbocycles. The molecule has 162 valence electrons. The fourth-order valence-corrected chi connectivity index (χ4v) is 5.62. The van der Waals surface area contributed by atoms with Crippen molar-refractivity contribution in [3.05, 3.63) is 23.8 Å². The van der Waals surface area contributed by atoms with Crippen molar-refractivity contribution in [2.75, 3.05) is 0 Å². The van der Waals surface area contributed by atoms with Crippen molar-refractivity contribution in [3.8, 4) is 0 Å². The topological polar surface area (TPSA) is 107 Å². The Hall–Kier alpha value is -1.50. The molecule has 1 heterocycles. The van der Waals surface area contributed by atoms with E-state index in [0.717, 1.165) is 12.0 Å². The van der Waals surface area contributed by atoms with Crippen LogP contribution in [0.25, 0.3) is 0 Å². The van der Waals surface area contributed by atoms with Crippen LogP contribution in [0, 0.1) is 23.2 Å². The number of Topliss-reactive ketones (excluding diaryl/α,β-unsaturated/α-hetero) is 1. The zero-order chi connectivity index (χ0) is 21.6. The minimum Gasteiger partial charge on any atom is -0.390 e. The second kappa shape index (κ2) is 7.97. The van der Waals surface area contributed by atoms with Gasteiger partial charge in [-0.2, -0.15) is 0 Å². The Morgan fingerprint density at radius 3 is 2.62 bits per heavy atom. The second-order valence-corrected chi connectivity index (χ2v) is 9.80. The fraction of sp³-hybridized carbons (Fsp3) is 0.739. The Balaban J connectivity index is 2.15. The standard InChI is InChI=1S/C23H35NO5/c1-13(2)10-16-20-14(3)11-17(25)15-8-6-5-7-9-22(4,29)18(26)12-19(27)23(15,20)21(28)24-16/h6,8,11,13,15-18,20,25-26,29H,5,7,9-10,12H2,1-4H3,(H,24,28). The summed E-state index contributed by atoms with van der Waals surface area (Å²) in [5.74, 6) is -1.50. The van der Waals surface area contributed by atoms with Gasteiger partial charge in [0.05, 0.1) is 17.8 Å². The minimum absolute atomic E-state index is 0.200. The van der Waals surface area contributed by atoms with Gasteiger partial charge in [0.25, 0.3) is 0 Å². The SMILES string of the molecule is CC1=CC(O)C2C=CCCCC(C)(O)C(O)CC(=O)C23C(=O)NC(CC(C)C)C13. The summed E-state index contributed by atoms with van der Waals surface area (Å²) in [6.07, 6.45) is 5.32. The minimum atomic E-state index is -1.46. The molecular formula is C23H35NO5. The van der Waals surface area contributed by atoms with E-state index in [-0.39, 0.29) is 24.3 Å². The Labute approximate surface area is 173 Å². The lowest BCUT2D eigenvalue weighted by Crippen LogP contribution is -2.56. The zero-order valence-corrected chi connectivity index (χ0v) is 17.9. The first-order valence-electron chi connectivity index (χ1n) is 10.8. The van der Waals surface area contributed by atoms with Gasteiger partial charge in [0.1, 0.15) is 5.41 Å². The Morgan fingerprint density at radius 2 is 1.97 bits per heavy atom. The number of amides is 1. The van der Waals surface area contributed by atoms with Crippen LogP contribution in [-0.2, 0) is 9.59 Å². The number of aliphatic hydroxyl groups excluding tert-OH is 2. The average Bonchev–Trinajstić information content (AvgIpc) is 2.88. The van der Waals surface area contributed by atoms with Crippen LogP contribution in [0.2, 0.25) is 0 Å². The normalized spacial score (nSPS) is 43.3. The van der Waals surface area contributed by atoms with Gasteiger partial charge < -0.3 is 20.6 Å². The van der Waals surface area contributed by atoms with E-state index >= 15 is 0 Å². The molecule has 0 aromatic heterocycles. The van der Waals surface area contributed by atoms with Gasteiger partial charge in [-0.15, -0.1) is 0 Å². The van der Waals surface area contributed by atoms with Gasteiger partial charge in [-0.05, 0) is 45.4 Å². The van der Waals surface area contributed by atoms with Crippen LogP contribution in [0.1, 0.15) is 59.8 Å². The Morgan fingerprint density at radius 1 is 1.28 bits per heavy atom. The summed E-state index contributed by atoms with van der Waals surface area (Å²) in [4.78, 5) is 27.1. The third kappa shape index (κ3) is 3.71. The third-order valence-electron chi connectivity index (χ3n) is 7.08. The highest BCUT2D eigenvalue weighted by Gasteiger charge is 2.66. The molecule has 0 radical (unpaired) electrons. The van der Waals surface area contributed by atoms with Crippen LogP contribution in [0.4, 0.5) is 0 Å². The highest BCUT2D eigenvalue weighted by atomic mass is 16.3. The van der Waals surface area contributed by atoms with E-state index in [1.165, 1.54) is 6.92 Å². The van der Waals surface area contributed by atoms with E-state index in [1.807, 2.05) is 19.1 Å². The summed E-state index contributed by atoms with van der Waals surface area (Å²) >= 11 is 0. The molecule has 1 aliphatic heterocycles. The van der Waals surface area contributed by atoms with E-state index in [2.05, 4.69) is 19.2 Å². The van der Waals surface area contributed by atoms with Crippen molar-refractivity contribution in [1.82, 2.24) is 5.32 Å². The largest absolute Gasteiger partial charge is 0.390 e. The van der Waals surface area contributed by atoms with Gasteiger partial charge >= 0.3 is 0 Å². The molecule has 4 N–H and O–H groups in total. The quantitative estimate of drug-likeness (QED) is 0.415. The molecule has 1 fully saturated rings. The average molecular weight is 406 g/mol. The zero-order valence-electron chi connectivity index (χ0n) is 17.9. The summed E-state index contributed by atoms with van der Waals surface area (Å²) in [5.41, 5.74) is -2.04. The maximum Gasteiger partial charge on any atom is 0.235 e. The highest BCUT2D eigenvalue weighted by Crippen LogP contribution is 2.54. The number of carbonyl (C=O) groups excluding carboxylic acids is 2. The molecule has 0 bridgehead atoms. The van der Waals surface area contributed by atoms with E-state index in [0.29, 0.717) is 25.2 Å². The Kier molecular flexibility index (Phi) is 6.10. The first-order chi connectivity index (χ1) is 13.5. The van der Waals surface area contributed by atoms with Crippen LogP contribution in [0.3, 0.4) is 0 Å². The first kappa shape index (κ1) is 22.2. The van der Waals surface area contributed by atoms with Crippen molar-refractivity contribution in [1.29, 1.82) is 0 Å². The molecule has 0 aromatic rings. The molecule has 3 aliphatic rings. The maximum atomic E-state index is 13.7. The van der Waals surface area contributed by atoms with Crippen LogP contribution in [0.5, 0.6) is 0 Å². The molecule has 29 heavy (non-hydrogen) atoms. The van der Waals surface area contributed by atoms with Crippen molar-refractivity contribution >= 4 is 11.7 Å². The first-order valence-corrected chi connectivity index (χ1v) is 10.8. The van der Waals surface area contributed by atoms with Crippen LogP contribution in [-0.4, -0.2) is 50.9 Å². The van der Waals surface area contributed by atoms with Crippen molar-refractivity contribution in [2.45, 2.75) is 83.6 Å². The molecule has 3 rings (SSSR count). The van der Waals surface area contributed by atoms with Gasteiger partial charge in [-0.1, -0.05) is 37.6 Å². The van der Waals surface area contributed by atoms with E-state index in [4.69, 9.17) is 0 Å². The van der Waals surface area contributed by atoms with Crippen LogP contribution < -0.4 is 5.32 Å². The van der Waals surface area contributed by atoms with Crippen molar-refractivity contribution in [3.63, 3.8) is 0 Å². The molecule has 0 saturated carbocycles. The van der Waals surface area contributed by atoms with Gasteiger partial charge in [0, 0.05) is 24.3 Å². The van der Waals surface area contributed by atoms with Crippen molar-refractivity contribution in [2.24, 2.45) is 23.2 Å². The molecular weight excluding hydrogens is 370 g/mol. The molecule has 1 spiro atoms. The Bertz CT molecular complexity index is 725. The maximum absolute atomic E-state index is 13.7. The lowest BCUT2D eigenvalue weighted by molar-refractivity contribution is -0.151. The molecule has 1 amide bonds. The van der Waals surface area contributed by atoms with E-state index in [1.54, 1.807) is 6.08 Å². The monoisotopic (exact) mass is 405 g/mol. The summed E-state index contributed by atoms with van der Waals surface area (Å²) < 4.78 is 0. The molecule has 7 atom stereocenters. The van der Waals surface area contributed by atoms with E-state index in [9.17, 15) is 24.9 Å². The number of nitrogens with one attached hydrogen (secondary N) is 1. The predicted molar refractivity (Wildman–Crippen MR) is 110 cm³/mol. The molecule has 6 nitrogen and oxygen atoms in total. The summed E-state index contributed by atoms with van der Waals surface area (Å²) in [7, 11) is 0. The summed E-state index contributed by atoms with van der Waals surface area (Å²) in [5, 5.41) is 35.2. The number of allylic oxidation sites excluding steroid dienone is 1. The third-order valence-corrected chi connectivity index (χ3v) is 7.08.